The lowest BCUT2D eigenvalue weighted by Crippen LogP contribution is -2.03. The average Bonchev–Trinajstić information content (AvgIpc) is 2.35. The molecule has 0 aliphatic heterocycles. The van der Waals surface area contributed by atoms with Gasteiger partial charge in [0, 0.05) is 14.0 Å². The maximum absolute atomic E-state index is 11.3. The van der Waals surface area contributed by atoms with Crippen molar-refractivity contribution < 1.29 is 6.22 Å². The van der Waals surface area contributed by atoms with Crippen LogP contribution in [0.4, 0.5) is 0 Å². The van der Waals surface area contributed by atoms with Gasteiger partial charge in [0.25, 0.3) is 0 Å². The highest BCUT2D eigenvalue weighted by atomic mass is 16.1. The summed E-state index contributed by atoms with van der Waals surface area (Å²) in [5.74, 6) is 0.635. The molecule has 0 aliphatic rings. The van der Waals surface area contributed by atoms with Crippen LogP contribution in [0, 0.1) is 5.92 Å². The van der Waals surface area contributed by atoms with Gasteiger partial charge in [0.2, 0.25) is 0 Å². The van der Waals surface area contributed by atoms with Gasteiger partial charge in [-0.1, -0.05) is 13.8 Å². The van der Waals surface area contributed by atoms with Crippen LogP contribution in [0.5, 0.6) is 0 Å². The van der Waals surface area contributed by atoms with Gasteiger partial charge in [-0.15, -0.1) is 0 Å². The first kappa shape index (κ1) is 8.05. The van der Waals surface area contributed by atoms with Crippen LogP contribution in [0.1, 0.15) is 32.2 Å². The van der Waals surface area contributed by atoms with Crippen LogP contribution in [0.15, 0.2) is 18.3 Å². The number of carbonyl (C=O) groups is 1. The molecule has 1 aromatic heterocycles. The Morgan fingerprint density at radius 2 is 2.45 bits per heavy atom. The summed E-state index contributed by atoms with van der Waals surface area (Å²) in [6, 6.07) is 3.65. The van der Waals surface area contributed by atoms with E-state index >= 15 is 0 Å². The number of aromatic nitrogens is 1. The van der Waals surface area contributed by atoms with E-state index in [1.54, 1.807) is 6.20 Å². The molecule has 0 atom stereocenters. The molecule has 0 amide bonds. The molecule has 0 spiro atoms. The first-order chi connectivity index (χ1) is 5.20. The van der Waals surface area contributed by atoms with Gasteiger partial charge in [0.15, 0.2) is 5.78 Å². The van der Waals surface area contributed by atoms with Gasteiger partial charge in [-0.05, 0) is 18.1 Å². The molecule has 1 N–H and O–H groups in total. The minimum absolute atomic E-state index is 0. The Kier molecular flexibility index (Phi) is 2.47. The molecule has 1 rings (SSSR count). The summed E-state index contributed by atoms with van der Waals surface area (Å²) in [4.78, 5) is 14.2. The summed E-state index contributed by atoms with van der Waals surface area (Å²) >= 11 is 0. The molecule has 0 saturated carbocycles. The molecule has 1 aromatic rings. The minimum Gasteiger partial charge on any atom is -0.359 e. The second-order valence-electron chi connectivity index (χ2n) is 3.10. The number of ketones is 1. The predicted molar refractivity (Wildman–Crippen MR) is 46.7 cm³/mol. The zero-order valence-corrected chi connectivity index (χ0v) is 6.92. The van der Waals surface area contributed by atoms with Crippen molar-refractivity contribution >= 4 is 5.78 Å². The third-order valence-electron chi connectivity index (χ3n) is 1.49. The van der Waals surface area contributed by atoms with Gasteiger partial charge >= 0.3 is 0 Å². The smallest absolute Gasteiger partial charge is 0.179 e. The number of H-pyrrole nitrogens is 1. The maximum atomic E-state index is 11.3. The van der Waals surface area contributed by atoms with Crippen LogP contribution >= 0.6 is 0 Å². The second-order valence-corrected chi connectivity index (χ2v) is 3.10. The molecule has 0 unspecified atom stereocenters. The van der Waals surface area contributed by atoms with Gasteiger partial charge in [0.05, 0.1) is 5.69 Å². The van der Waals surface area contributed by atoms with Crippen LogP contribution in [-0.4, -0.2) is 10.8 Å². The fourth-order valence-electron chi connectivity index (χ4n) is 0.985. The lowest BCUT2D eigenvalue weighted by atomic mass is 10.1. The Hall–Kier alpha value is -1.05. The molecule has 0 bridgehead atoms. The van der Waals surface area contributed by atoms with E-state index in [1.807, 2.05) is 26.0 Å². The molecular weight excluding hydrogens is 138 g/mol. The van der Waals surface area contributed by atoms with Crippen molar-refractivity contribution in [3.8, 4) is 0 Å². The molecule has 0 aliphatic carbocycles. The Labute approximate surface area is 68.1 Å². The highest BCUT2D eigenvalue weighted by Crippen LogP contribution is 2.06. The van der Waals surface area contributed by atoms with Gasteiger partial charge in [-0.25, -0.2) is 0 Å². The Balaban J connectivity index is 0.00000121. The summed E-state index contributed by atoms with van der Waals surface area (Å²) in [5.41, 5.74) is 0.721. The fraction of sp³-hybridized carbons (Fsp3) is 0.444. The zero-order chi connectivity index (χ0) is 8.27. The molecule has 2 heteroatoms. The Morgan fingerprint density at radius 3 is 2.91 bits per heavy atom. The van der Waals surface area contributed by atoms with Gasteiger partial charge in [-0.2, -0.15) is 0 Å². The first-order valence-corrected chi connectivity index (χ1v) is 3.86. The number of rotatable bonds is 3. The van der Waals surface area contributed by atoms with E-state index in [4.69, 9.17) is 0 Å². The normalized spacial score (nSPS) is 10.5. The van der Waals surface area contributed by atoms with Crippen LogP contribution in [0.3, 0.4) is 0 Å². The molecule has 0 radical (unpaired) electrons. The van der Waals surface area contributed by atoms with Crippen LogP contribution in [0.2, 0.25) is 0 Å². The maximum Gasteiger partial charge on any atom is 0.179 e. The van der Waals surface area contributed by atoms with Gasteiger partial charge in [-0.3, -0.25) is 4.79 Å². The van der Waals surface area contributed by atoms with E-state index in [9.17, 15) is 4.79 Å². The monoisotopic (exact) mass is 153 g/mol. The minimum atomic E-state index is 0. The molecule has 2 nitrogen and oxygen atoms in total. The van der Waals surface area contributed by atoms with Crippen molar-refractivity contribution in [2.45, 2.75) is 20.3 Å². The Morgan fingerprint density at radius 1 is 1.73 bits per heavy atom. The summed E-state index contributed by atoms with van der Waals surface area (Å²) in [6.45, 7) is 4.08. The standard InChI is InChI=1S/C9H13NO.H2/c1-7(2)6-9(11)8-4-3-5-10-8;/h3-5,7,10H,6H2,1-2H3;1H. The Bertz CT molecular complexity index is 229. The number of hydrogen-bond acceptors (Lipinski definition) is 1. The van der Waals surface area contributed by atoms with E-state index in [2.05, 4.69) is 4.98 Å². The van der Waals surface area contributed by atoms with E-state index in [0.29, 0.717) is 12.3 Å². The zero-order valence-electron chi connectivity index (χ0n) is 6.92. The van der Waals surface area contributed by atoms with Crippen molar-refractivity contribution in [3.63, 3.8) is 0 Å². The topological polar surface area (TPSA) is 32.9 Å². The third-order valence-corrected chi connectivity index (χ3v) is 1.49. The SMILES string of the molecule is CC(C)CC(=O)c1ccc[nH]1.[HH]. The quantitative estimate of drug-likeness (QED) is 0.665. The van der Waals surface area contributed by atoms with Crippen molar-refractivity contribution in [1.82, 2.24) is 4.98 Å². The van der Waals surface area contributed by atoms with E-state index in [1.165, 1.54) is 0 Å². The third kappa shape index (κ3) is 2.22. The van der Waals surface area contributed by atoms with Crippen molar-refractivity contribution in [3.05, 3.63) is 24.0 Å². The second kappa shape index (κ2) is 3.37. The van der Waals surface area contributed by atoms with Crippen LogP contribution in [-0.2, 0) is 0 Å². The highest BCUT2D eigenvalue weighted by Gasteiger charge is 2.07. The molecule has 0 saturated heterocycles. The van der Waals surface area contributed by atoms with Crippen LogP contribution < -0.4 is 0 Å². The van der Waals surface area contributed by atoms with E-state index in [0.717, 1.165) is 5.69 Å². The molecule has 0 fully saturated rings. The van der Waals surface area contributed by atoms with Crippen LogP contribution in [0.25, 0.3) is 0 Å². The summed E-state index contributed by atoms with van der Waals surface area (Å²) < 4.78 is 0. The lowest BCUT2D eigenvalue weighted by Gasteiger charge is -2.00. The number of nitrogens with one attached hydrogen (secondary N) is 1. The van der Waals surface area contributed by atoms with Gasteiger partial charge in [0.1, 0.15) is 0 Å². The van der Waals surface area contributed by atoms with E-state index < -0.39 is 0 Å². The predicted octanol–water partition coefficient (Wildman–Crippen LogP) is 2.49. The molecule has 0 aromatic carbocycles. The molecule has 62 valence electrons. The number of aromatic amines is 1. The van der Waals surface area contributed by atoms with Crippen molar-refractivity contribution in [2.24, 2.45) is 5.92 Å². The van der Waals surface area contributed by atoms with E-state index in [-0.39, 0.29) is 7.21 Å². The molecular formula is C9H15NO. The highest BCUT2D eigenvalue weighted by molar-refractivity contribution is 5.94. The van der Waals surface area contributed by atoms with Crippen molar-refractivity contribution in [1.29, 1.82) is 0 Å². The van der Waals surface area contributed by atoms with Gasteiger partial charge < -0.3 is 4.98 Å². The lowest BCUT2D eigenvalue weighted by molar-refractivity contribution is 0.0963. The van der Waals surface area contributed by atoms with Crippen molar-refractivity contribution in [2.75, 3.05) is 0 Å². The number of hydrogen-bond donors (Lipinski definition) is 1. The average molecular weight is 153 g/mol. The number of Topliss-reactive ketones (excluding diaryl/α,β-unsaturated/α-hetero) is 1. The summed E-state index contributed by atoms with van der Waals surface area (Å²) in [7, 11) is 0. The fourth-order valence-corrected chi connectivity index (χ4v) is 0.985. The number of carbonyl (C=O) groups excluding carboxylic acids is 1. The first-order valence-electron chi connectivity index (χ1n) is 3.86. The largest absolute Gasteiger partial charge is 0.359 e. The molecule has 1 heterocycles. The summed E-state index contributed by atoms with van der Waals surface area (Å²) in [5, 5.41) is 0. The molecule has 11 heavy (non-hydrogen) atoms. The summed E-state index contributed by atoms with van der Waals surface area (Å²) in [6.07, 6.45) is 2.40.